The molecule has 0 unspecified atom stereocenters. The molecule has 0 aliphatic heterocycles. The van der Waals surface area contributed by atoms with E-state index in [-0.39, 0.29) is 27.0 Å². The molecule has 0 saturated carbocycles. The van der Waals surface area contributed by atoms with Gasteiger partial charge < -0.3 is 10.1 Å². The lowest BCUT2D eigenvalue weighted by Crippen LogP contribution is -2.30. The Bertz CT molecular complexity index is 891. The Balaban J connectivity index is 2.11. The summed E-state index contributed by atoms with van der Waals surface area (Å²) in [4.78, 5) is 34.5. The molecule has 0 bridgehead atoms. The number of nitrogens with one attached hydrogen (secondary N) is 1. The second kappa shape index (κ2) is 8.11. The number of hydrogen-bond donors (Lipinski definition) is 1. The summed E-state index contributed by atoms with van der Waals surface area (Å²) in [5, 5.41) is 12.8. The van der Waals surface area contributed by atoms with E-state index in [1.54, 1.807) is 0 Å². The fourth-order valence-corrected chi connectivity index (χ4v) is 2.39. The lowest BCUT2D eigenvalue weighted by Gasteiger charge is -2.14. The highest BCUT2D eigenvalue weighted by atomic mass is 35.5. The molecule has 26 heavy (non-hydrogen) atoms. The number of halogens is 3. The van der Waals surface area contributed by atoms with Crippen LogP contribution in [0.4, 0.5) is 15.8 Å². The average Bonchev–Trinajstić information content (AvgIpc) is 2.58. The number of anilines is 1. The number of nitro groups is 1. The highest BCUT2D eigenvalue weighted by molar-refractivity contribution is 6.36. The van der Waals surface area contributed by atoms with Gasteiger partial charge in [-0.1, -0.05) is 35.3 Å². The van der Waals surface area contributed by atoms with E-state index in [0.29, 0.717) is 0 Å². The zero-order chi connectivity index (χ0) is 19.4. The van der Waals surface area contributed by atoms with Crippen LogP contribution in [0.25, 0.3) is 0 Å². The molecule has 0 radical (unpaired) electrons. The molecule has 10 heteroatoms. The minimum atomic E-state index is -1.32. The van der Waals surface area contributed by atoms with Crippen LogP contribution < -0.4 is 5.32 Å². The van der Waals surface area contributed by atoms with Crippen LogP contribution in [0.15, 0.2) is 36.4 Å². The molecule has 1 N–H and O–H groups in total. The molecule has 0 spiro atoms. The van der Waals surface area contributed by atoms with Crippen molar-refractivity contribution < 1.29 is 23.6 Å². The third kappa shape index (κ3) is 4.47. The number of nitro benzene ring substituents is 1. The van der Waals surface area contributed by atoms with Crippen molar-refractivity contribution >= 4 is 46.5 Å². The molecule has 2 rings (SSSR count). The fourth-order valence-electron chi connectivity index (χ4n) is 1.93. The normalized spacial score (nSPS) is 11.5. The third-order valence-electron chi connectivity index (χ3n) is 3.24. The summed E-state index contributed by atoms with van der Waals surface area (Å²) in [6.45, 7) is 1.25. The maximum absolute atomic E-state index is 13.5. The highest BCUT2D eigenvalue weighted by Crippen LogP contribution is 2.26. The number of amides is 1. The van der Waals surface area contributed by atoms with Crippen LogP contribution in [-0.2, 0) is 9.53 Å². The summed E-state index contributed by atoms with van der Waals surface area (Å²) in [5.74, 6) is -2.73. The molecule has 0 aliphatic rings. The zero-order valence-electron chi connectivity index (χ0n) is 13.2. The summed E-state index contributed by atoms with van der Waals surface area (Å²) in [6, 6.07) is 7.30. The first kappa shape index (κ1) is 19.6. The van der Waals surface area contributed by atoms with Crippen molar-refractivity contribution in [2.24, 2.45) is 0 Å². The van der Waals surface area contributed by atoms with E-state index in [1.165, 1.54) is 31.2 Å². The first-order valence-electron chi connectivity index (χ1n) is 7.10. The molecule has 0 fully saturated rings. The summed E-state index contributed by atoms with van der Waals surface area (Å²) >= 11 is 11.4. The Morgan fingerprint density at radius 1 is 1.23 bits per heavy atom. The Hall–Kier alpha value is -2.71. The molecule has 1 amide bonds. The van der Waals surface area contributed by atoms with E-state index in [9.17, 15) is 24.1 Å². The van der Waals surface area contributed by atoms with Crippen LogP contribution >= 0.6 is 23.2 Å². The number of carbonyl (C=O) groups is 2. The van der Waals surface area contributed by atoms with Gasteiger partial charge in [-0.15, -0.1) is 0 Å². The van der Waals surface area contributed by atoms with E-state index in [2.05, 4.69) is 5.32 Å². The van der Waals surface area contributed by atoms with E-state index in [0.717, 1.165) is 12.1 Å². The quantitative estimate of drug-likeness (QED) is 0.350. The predicted octanol–water partition coefficient (Wildman–Crippen LogP) is 4.22. The largest absolute Gasteiger partial charge is 0.449 e. The highest BCUT2D eigenvalue weighted by Gasteiger charge is 2.24. The van der Waals surface area contributed by atoms with E-state index >= 15 is 0 Å². The number of rotatable bonds is 5. The van der Waals surface area contributed by atoms with Gasteiger partial charge in [0.25, 0.3) is 11.6 Å². The van der Waals surface area contributed by atoms with Crippen LogP contribution in [0, 0.1) is 15.9 Å². The van der Waals surface area contributed by atoms with Crippen LogP contribution in [-0.4, -0.2) is 22.9 Å². The van der Waals surface area contributed by atoms with E-state index in [1.807, 2.05) is 0 Å². The zero-order valence-corrected chi connectivity index (χ0v) is 14.7. The molecule has 7 nitrogen and oxygen atoms in total. The number of ether oxygens (including phenoxy) is 1. The second-order valence-corrected chi connectivity index (χ2v) is 5.87. The minimum Gasteiger partial charge on any atom is -0.449 e. The van der Waals surface area contributed by atoms with Gasteiger partial charge in [0, 0.05) is 6.07 Å². The lowest BCUT2D eigenvalue weighted by molar-refractivity contribution is -0.383. The molecule has 2 aromatic carbocycles. The van der Waals surface area contributed by atoms with Crippen molar-refractivity contribution in [2.75, 3.05) is 5.32 Å². The Morgan fingerprint density at radius 3 is 2.54 bits per heavy atom. The number of nitrogens with zero attached hydrogens (tertiary/aromatic N) is 1. The Labute approximate surface area is 156 Å². The van der Waals surface area contributed by atoms with Gasteiger partial charge in [-0.25, -0.2) is 9.18 Å². The monoisotopic (exact) mass is 400 g/mol. The first-order valence-corrected chi connectivity index (χ1v) is 7.86. The summed E-state index contributed by atoms with van der Waals surface area (Å²) in [5.41, 5.74) is -0.679. The predicted molar refractivity (Wildman–Crippen MR) is 93.0 cm³/mol. The van der Waals surface area contributed by atoms with Crippen molar-refractivity contribution in [2.45, 2.75) is 13.0 Å². The fraction of sp³-hybridized carbons (Fsp3) is 0.125. The van der Waals surface area contributed by atoms with Crippen LogP contribution in [0.2, 0.25) is 10.0 Å². The smallest absolute Gasteiger partial charge is 0.340 e. The van der Waals surface area contributed by atoms with Crippen molar-refractivity contribution in [3.63, 3.8) is 0 Å². The SMILES string of the molecule is C[C@@H](OC(=O)c1cc(F)c(Cl)cc1Cl)C(=O)Nc1ccccc1[N+](=O)[O-]. The Kier molecular flexibility index (Phi) is 6.12. The molecular weight excluding hydrogens is 390 g/mol. The van der Waals surface area contributed by atoms with Gasteiger partial charge >= 0.3 is 5.97 Å². The standard InChI is InChI=1S/C16H11Cl2FN2O5/c1-8(15(22)20-13-4-2-3-5-14(13)21(24)25)26-16(23)9-6-12(19)11(18)7-10(9)17/h2-8H,1H3,(H,20,22)/t8-/m1/s1. The summed E-state index contributed by atoms with van der Waals surface area (Å²) < 4.78 is 18.4. The van der Waals surface area contributed by atoms with Crippen molar-refractivity contribution in [3.8, 4) is 0 Å². The number of esters is 1. The molecule has 0 heterocycles. The Morgan fingerprint density at radius 2 is 1.88 bits per heavy atom. The first-order chi connectivity index (χ1) is 12.2. The topological polar surface area (TPSA) is 98.5 Å². The van der Waals surface area contributed by atoms with Gasteiger partial charge in [-0.05, 0) is 25.1 Å². The van der Waals surface area contributed by atoms with Crippen LogP contribution in [0.3, 0.4) is 0 Å². The van der Waals surface area contributed by atoms with Gasteiger partial charge in [0.1, 0.15) is 11.5 Å². The molecule has 0 saturated heterocycles. The van der Waals surface area contributed by atoms with Gasteiger partial charge in [0.2, 0.25) is 0 Å². The number of hydrogen-bond acceptors (Lipinski definition) is 5. The van der Waals surface area contributed by atoms with Crippen molar-refractivity contribution in [3.05, 3.63) is 67.9 Å². The minimum absolute atomic E-state index is 0.0547. The van der Waals surface area contributed by atoms with Gasteiger partial charge in [-0.3, -0.25) is 14.9 Å². The van der Waals surface area contributed by atoms with E-state index in [4.69, 9.17) is 27.9 Å². The molecule has 2 aromatic rings. The van der Waals surface area contributed by atoms with Gasteiger partial charge in [0.05, 0.1) is 20.5 Å². The van der Waals surface area contributed by atoms with E-state index < -0.39 is 28.7 Å². The number of para-hydroxylation sites is 2. The van der Waals surface area contributed by atoms with Gasteiger partial charge in [-0.2, -0.15) is 0 Å². The number of carbonyl (C=O) groups excluding carboxylic acids is 2. The molecule has 0 aliphatic carbocycles. The maximum atomic E-state index is 13.5. The third-order valence-corrected chi connectivity index (χ3v) is 3.84. The van der Waals surface area contributed by atoms with Crippen LogP contribution in [0.5, 0.6) is 0 Å². The summed E-state index contributed by atoms with van der Waals surface area (Å²) in [7, 11) is 0. The number of benzene rings is 2. The van der Waals surface area contributed by atoms with Crippen LogP contribution in [0.1, 0.15) is 17.3 Å². The maximum Gasteiger partial charge on any atom is 0.340 e. The average molecular weight is 401 g/mol. The molecular formula is C16H11Cl2FN2O5. The molecule has 136 valence electrons. The van der Waals surface area contributed by atoms with Crippen molar-refractivity contribution in [1.29, 1.82) is 0 Å². The summed E-state index contributed by atoms with van der Waals surface area (Å²) in [6.07, 6.45) is -1.32. The van der Waals surface area contributed by atoms with Gasteiger partial charge in [0.15, 0.2) is 6.10 Å². The lowest BCUT2D eigenvalue weighted by atomic mass is 10.2. The second-order valence-electron chi connectivity index (χ2n) is 5.06. The molecule has 1 atom stereocenters. The van der Waals surface area contributed by atoms with Crippen molar-refractivity contribution in [1.82, 2.24) is 0 Å². The molecule has 0 aromatic heterocycles.